The van der Waals surface area contributed by atoms with Crippen LogP contribution in [0.5, 0.6) is 0 Å². The summed E-state index contributed by atoms with van der Waals surface area (Å²) in [6.45, 7) is 1.16. The molecule has 1 aliphatic rings. The Kier molecular flexibility index (Phi) is 5.62. The molecule has 0 aromatic heterocycles. The van der Waals surface area contributed by atoms with E-state index in [0.29, 0.717) is 23.7 Å². The minimum Gasteiger partial charge on any atom is -0.384 e. The largest absolute Gasteiger partial charge is 0.384 e. The predicted molar refractivity (Wildman–Crippen MR) is 82.2 cm³/mol. The maximum Gasteiger partial charge on any atom is 0.253 e. The highest BCUT2D eigenvalue weighted by atomic mass is 35.5. The number of rotatable bonds is 6. The van der Waals surface area contributed by atoms with Gasteiger partial charge >= 0.3 is 0 Å². The molecule has 2 N–H and O–H groups in total. The SMILES string of the molecule is COCC1(CNC(=O)C(O)c2ccccc2Cl)CCCC1. The second-order valence-electron chi connectivity index (χ2n) is 5.78. The van der Waals surface area contributed by atoms with E-state index in [1.165, 1.54) is 0 Å². The molecular formula is C16H22ClNO3. The Bertz CT molecular complexity index is 486. The van der Waals surface area contributed by atoms with Crippen LogP contribution in [0.4, 0.5) is 0 Å². The van der Waals surface area contributed by atoms with Gasteiger partial charge in [0.2, 0.25) is 0 Å². The average Bonchev–Trinajstić information content (AvgIpc) is 2.94. The van der Waals surface area contributed by atoms with Gasteiger partial charge in [0.25, 0.3) is 5.91 Å². The molecule has 1 aromatic rings. The minimum atomic E-state index is -1.24. The highest BCUT2D eigenvalue weighted by Crippen LogP contribution is 2.37. The number of nitrogens with one attached hydrogen (secondary N) is 1. The number of methoxy groups -OCH3 is 1. The van der Waals surface area contributed by atoms with E-state index in [2.05, 4.69) is 5.32 Å². The van der Waals surface area contributed by atoms with Crippen LogP contribution < -0.4 is 5.32 Å². The monoisotopic (exact) mass is 311 g/mol. The van der Waals surface area contributed by atoms with Crippen LogP contribution in [0.3, 0.4) is 0 Å². The van der Waals surface area contributed by atoms with Crippen molar-refractivity contribution in [3.05, 3.63) is 34.9 Å². The summed E-state index contributed by atoms with van der Waals surface area (Å²) in [7, 11) is 1.68. The van der Waals surface area contributed by atoms with Crippen LogP contribution in [0.15, 0.2) is 24.3 Å². The second kappa shape index (κ2) is 7.25. The number of ether oxygens (including phenoxy) is 1. The lowest BCUT2D eigenvalue weighted by Gasteiger charge is -2.28. The van der Waals surface area contributed by atoms with Crippen molar-refractivity contribution in [3.8, 4) is 0 Å². The Hall–Kier alpha value is -1.10. The van der Waals surface area contributed by atoms with E-state index in [1.54, 1.807) is 31.4 Å². The molecule has 4 nitrogen and oxygen atoms in total. The maximum absolute atomic E-state index is 12.1. The van der Waals surface area contributed by atoms with Crippen molar-refractivity contribution in [3.63, 3.8) is 0 Å². The molecule has 1 atom stereocenters. The molecule has 0 spiro atoms. The normalized spacial score (nSPS) is 18.4. The Morgan fingerprint density at radius 2 is 2.10 bits per heavy atom. The summed E-state index contributed by atoms with van der Waals surface area (Å²) < 4.78 is 5.29. The first-order valence-electron chi connectivity index (χ1n) is 7.27. The first kappa shape index (κ1) is 16.3. The Balaban J connectivity index is 1.96. The van der Waals surface area contributed by atoms with Crippen LogP contribution >= 0.6 is 11.6 Å². The molecule has 1 fully saturated rings. The number of carbonyl (C=O) groups is 1. The smallest absolute Gasteiger partial charge is 0.253 e. The lowest BCUT2D eigenvalue weighted by atomic mass is 9.87. The number of amides is 1. The van der Waals surface area contributed by atoms with E-state index in [9.17, 15) is 9.90 Å². The first-order chi connectivity index (χ1) is 10.1. The van der Waals surface area contributed by atoms with Gasteiger partial charge in [0.05, 0.1) is 6.61 Å². The third-order valence-electron chi connectivity index (χ3n) is 4.20. The number of hydrogen-bond donors (Lipinski definition) is 2. The molecule has 0 saturated heterocycles. The summed E-state index contributed by atoms with van der Waals surface area (Å²) in [5.74, 6) is -0.412. The molecule has 1 saturated carbocycles. The highest BCUT2D eigenvalue weighted by Gasteiger charge is 2.34. The summed E-state index contributed by atoms with van der Waals surface area (Å²) in [6, 6.07) is 6.84. The topological polar surface area (TPSA) is 58.6 Å². The van der Waals surface area contributed by atoms with Crippen molar-refractivity contribution >= 4 is 17.5 Å². The van der Waals surface area contributed by atoms with Crippen LogP contribution in [0.25, 0.3) is 0 Å². The van der Waals surface area contributed by atoms with Gasteiger partial charge in [0.15, 0.2) is 6.10 Å². The van der Waals surface area contributed by atoms with E-state index in [1.807, 2.05) is 0 Å². The van der Waals surface area contributed by atoms with Gasteiger partial charge in [0.1, 0.15) is 0 Å². The third kappa shape index (κ3) is 3.96. The molecule has 0 radical (unpaired) electrons. The Morgan fingerprint density at radius 3 is 2.71 bits per heavy atom. The average molecular weight is 312 g/mol. The Labute approximate surface area is 130 Å². The molecule has 116 valence electrons. The van der Waals surface area contributed by atoms with Gasteiger partial charge in [-0.25, -0.2) is 0 Å². The van der Waals surface area contributed by atoms with Gasteiger partial charge < -0.3 is 15.2 Å². The van der Waals surface area contributed by atoms with Crippen LogP contribution in [-0.4, -0.2) is 31.3 Å². The fraction of sp³-hybridized carbons (Fsp3) is 0.562. The van der Waals surface area contributed by atoms with Crippen molar-refractivity contribution in [2.45, 2.75) is 31.8 Å². The first-order valence-corrected chi connectivity index (χ1v) is 7.65. The fourth-order valence-electron chi connectivity index (χ4n) is 3.01. The molecule has 5 heteroatoms. The molecular weight excluding hydrogens is 290 g/mol. The van der Waals surface area contributed by atoms with E-state index >= 15 is 0 Å². The standard InChI is InChI=1S/C16H22ClNO3/c1-21-11-16(8-4-5-9-16)10-18-15(20)14(19)12-6-2-3-7-13(12)17/h2-3,6-7,14,19H,4-5,8-11H2,1H3,(H,18,20). The van der Waals surface area contributed by atoms with E-state index in [0.717, 1.165) is 25.7 Å². The van der Waals surface area contributed by atoms with Crippen molar-refractivity contribution in [1.29, 1.82) is 0 Å². The molecule has 1 amide bonds. The number of aliphatic hydroxyl groups is 1. The summed E-state index contributed by atoms with van der Waals surface area (Å²) >= 11 is 6.01. The van der Waals surface area contributed by atoms with Gasteiger partial charge in [-0.2, -0.15) is 0 Å². The number of benzene rings is 1. The van der Waals surface area contributed by atoms with E-state index in [-0.39, 0.29) is 5.41 Å². The van der Waals surface area contributed by atoms with Crippen molar-refractivity contribution < 1.29 is 14.6 Å². The molecule has 1 aromatic carbocycles. The van der Waals surface area contributed by atoms with Crippen LogP contribution in [-0.2, 0) is 9.53 Å². The summed E-state index contributed by atoms with van der Waals surface area (Å²) in [5.41, 5.74) is 0.439. The van der Waals surface area contributed by atoms with Crippen LogP contribution in [0.1, 0.15) is 37.4 Å². The van der Waals surface area contributed by atoms with Gasteiger partial charge in [-0.15, -0.1) is 0 Å². The van der Waals surface area contributed by atoms with Gasteiger partial charge in [-0.3, -0.25) is 4.79 Å². The number of carbonyl (C=O) groups excluding carboxylic acids is 1. The lowest BCUT2D eigenvalue weighted by molar-refractivity contribution is -0.130. The van der Waals surface area contributed by atoms with Crippen LogP contribution in [0.2, 0.25) is 5.02 Å². The van der Waals surface area contributed by atoms with Crippen molar-refractivity contribution in [1.82, 2.24) is 5.32 Å². The van der Waals surface area contributed by atoms with Gasteiger partial charge in [0, 0.05) is 29.7 Å². The number of hydrogen-bond acceptors (Lipinski definition) is 3. The minimum absolute atomic E-state index is 0.00458. The molecule has 0 bridgehead atoms. The van der Waals surface area contributed by atoms with Crippen LogP contribution in [0, 0.1) is 5.41 Å². The molecule has 2 rings (SSSR count). The molecule has 1 unspecified atom stereocenters. The predicted octanol–water partition coefficient (Wildman–Crippen LogP) is 2.70. The van der Waals surface area contributed by atoms with Crippen molar-refractivity contribution in [2.75, 3.05) is 20.3 Å². The zero-order valence-electron chi connectivity index (χ0n) is 12.3. The summed E-state index contributed by atoms with van der Waals surface area (Å²) in [4.78, 5) is 12.1. The third-order valence-corrected chi connectivity index (χ3v) is 4.54. The van der Waals surface area contributed by atoms with Gasteiger partial charge in [-0.1, -0.05) is 42.6 Å². The summed E-state index contributed by atoms with van der Waals surface area (Å²) in [5, 5.41) is 13.4. The molecule has 0 heterocycles. The number of aliphatic hydroxyl groups excluding tert-OH is 1. The van der Waals surface area contributed by atoms with Crippen molar-refractivity contribution in [2.24, 2.45) is 5.41 Å². The molecule has 0 aliphatic heterocycles. The molecule has 1 aliphatic carbocycles. The zero-order chi connectivity index (χ0) is 15.3. The summed E-state index contributed by atoms with van der Waals surface area (Å²) in [6.07, 6.45) is 3.17. The Morgan fingerprint density at radius 1 is 1.43 bits per heavy atom. The highest BCUT2D eigenvalue weighted by molar-refractivity contribution is 6.31. The zero-order valence-corrected chi connectivity index (χ0v) is 13.0. The van der Waals surface area contributed by atoms with Gasteiger partial charge in [-0.05, 0) is 18.9 Å². The fourth-order valence-corrected chi connectivity index (χ4v) is 3.25. The lowest BCUT2D eigenvalue weighted by Crippen LogP contribution is -2.40. The van der Waals surface area contributed by atoms with E-state index < -0.39 is 12.0 Å². The van der Waals surface area contributed by atoms with E-state index in [4.69, 9.17) is 16.3 Å². The second-order valence-corrected chi connectivity index (χ2v) is 6.19. The molecule has 21 heavy (non-hydrogen) atoms. The quantitative estimate of drug-likeness (QED) is 0.849. The number of halogens is 1. The maximum atomic E-state index is 12.1.